The lowest BCUT2D eigenvalue weighted by Crippen LogP contribution is -2.35. The monoisotopic (exact) mass is 298 g/mol. The fourth-order valence-electron chi connectivity index (χ4n) is 1.58. The number of Topliss-reactive ketones (excluding diaryl/α,β-unsaturated/α-hetero) is 1. The number of ether oxygens (including phenoxy) is 1. The van der Waals surface area contributed by atoms with E-state index in [0.29, 0.717) is 10.6 Å². The average molecular weight is 299 g/mol. The summed E-state index contributed by atoms with van der Waals surface area (Å²) in [6.07, 6.45) is -0.167. The molecule has 108 valence electrons. The van der Waals surface area contributed by atoms with Gasteiger partial charge in [0.1, 0.15) is 6.61 Å². The number of carbonyl (C=O) groups excluding carboxylic acids is 3. The molecular weight excluding hydrogens is 284 g/mol. The summed E-state index contributed by atoms with van der Waals surface area (Å²) in [4.78, 5) is 33.4. The molecule has 1 rings (SSSR count). The Morgan fingerprint density at radius 2 is 2.00 bits per heavy atom. The first kappa shape index (κ1) is 16.0. The summed E-state index contributed by atoms with van der Waals surface area (Å²) < 4.78 is 4.75. The molecule has 6 nitrogen and oxygen atoms in total. The molecule has 0 unspecified atom stereocenters. The molecule has 0 aliphatic carbocycles. The number of nitrogens with two attached hydrogens (primary N) is 1. The third-order valence-corrected chi connectivity index (χ3v) is 2.75. The fourth-order valence-corrected chi connectivity index (χ4v) is 1.84. The maximum absolute atomic E-state index is 11.6. The van der Waals surface area contributed by atoms with Crippen LogP contribution in [0, 0.1) is 0 Å². The zero-order valence-electron chi connectivity index (χ0n) is 10.9. The van der Waals surface area contributed by atoms with Crippen LogP contribution in [0.25, 0.3) is 0 Å². The number of urea groups is 1. The van der Waals surface area contributed by atoms with E-state index >= 15 is 0 Å². The summed E-state index contributed by atoms with van der Waals surface area (Å²) in [6, 6.07) is 5.25. The lowest BCUT2D eigenvalue weighted by Gasteiger charge is -2.18. The number of ketones is 1. The third kappa shape index (κ3) is 5.27. The zero-order valence-corrected chi connectivity index (χ0v) is 11.6. The highest BCUT2D eigenvalue weighted by Gasteiger charge is 2.20. The molecule has 0 bridgehead atoms. The first-order chi connectivity index (χ1) is 9.40. The number of esters is 1. The van der Waals surface area contributed by atoms with Crippen LogP contribution in [0.15, 0.2) is 24.3 Å². The van der Waals surface area contributed by atoms with Gasteiger partial charge in [0.2, 0.25) is 0 Å². The minimum absolute atomic E-state index is 0.167. The molecule has 0 saturated carbocycles. The quantitative estimate of drug-likeness (QED) is 0.779. The number of benzene rings is 1. The summed E-state index contributed by atoms with van der Waals surface area (Å²) in [7, 11) is 0. The number of carbonyl (C=O) groups is 3. The maximum Gasteiger partial charge on any atom is 0.312 e. The van der Waals surface area contributed by atoms with E-state index < -0.39 is 18.0 Å². The highest BCUT2D eigenvalue weighted by Crippen LogP contribution is 2.25. The minimum Gasteiger partial charge on any atom is -0.458 e. The van der Waals surface area contributed by atoms with Crippen LogP contribution in [0.1, 0.15) is 24.9 Å². The molecule has 2 amide bonds. The topological polar surface area (TPSA) is 98.5 Å². The number of hydrogen-bond donors (Lipinski definition) is 2. The number of nitrogens with one attached hydrogen (secondary N) is 1. The molecule has 0 heterocycles. The smallest absolute Gasteiger partial charge is 0.312 e. The minimum atomic E-state index is -0.783. The second kappa shape index (κ2) is 7.49. The first-order valence-corrected chi connectivity index (χ1v) is 6.23. The molecule has 1 aromatic rings. The number of rotatable bonds is 6. The third-order valence-electron chi connectivity index (χ3n) is 2.40. The predicted octanol–water partition coefficient (Wildman–Crippen LogP) is 1.57. The summed E-state index contributed by atoms with van der Waals surface area (Å²) in [5.74, 6) is -0.894. The van der Waals surface area contributed by atoms with Crippen molar-refractivity contribution < 1.29 is 19.1 Å². The molecule has 0 saturated heterocycles. The van der Waals surface area contributed by atoms with Crippen LogP contribution >= 0.6 is 11.6 Å². The fraction of sp³-hybridized carbons (Fsp3) is 0.308. The molecule has 0 aliphatic rings. The first-order valence-electron chi connectivity index (χ1n) is 5.85. The lowest BCUT2D eigenvalue weighted by molar-refractivity contribution is -0.148. The van der Waals surface area contributed by atoms with Crippen LogP contribution in [0.2, 0.25) is 5.02 Å². The molecule has 3 N–H and O–H groups in total. The van der Waals surface area contributed by atoms with Crippen molar-refractivity contribution in [1.29, 1.82) is 0 Å². The van der Waals surface area contributed by atoms with E-state index in [1.807, 2.05) is 0 Å². The van der Waals surface area contributed by atoms with Crippen molar-refractivity contribution in [2.45, 2.75) is 19.4 Å². The van der Waals surface area contributed by atoms with Crippen LogP contribution in [-0.4, -0.2) is 24.4 Å². The van der Waals surface area contributed by atoms with E-state index in [4.69, 9.17) is 22.1 Å². The van der Waals surface area contributed by atoms with Crippen molar-refractivity contribution in [2.75, 3.05) is 6.61 Å². The van der Waals surface area contributed by atoms with Gasteiger partial charge in [0.05, 0.1) is 12.5 Å². The molecule has 1 atom stereocenters. The Bertz CT molecular complexity index is 519. The van der Waals surface area contributed by atoms with Gasteiger partial charge in [-0.15, -0.1) is 0 Å². The SMILES string of the molecule is CC(=O)COC(=O)C[C@@H](NC(N)=O)c1ccccc1Cl. The highest BCUT2D eigenvalue weighted by atomic mass is 35.5. The van der Waals surface area contributed by atoms with Crippen LogP contribution < -0.4 is 11.1 Å². The van der Waals surface area contributed by atoms with Gasteiger partial charge < -0.3 is 15.8 Å². The lowest BCUT2D eigenvalue weighted by atomic mass is 10.0. The highest BCUT2D eigenvalue weighted by molar-refractivity contribution is 6.31. The van der Waals surface area contributed by atoms with Gasteiger partial charge in [-0.3, -0.25) is 9.59 Å². The van der Waals surface area contributed by atoms with E-state index in [0.717, 1.165) is 0 Å². The van der Waals surface area contributed by atoms with E-state index in [1.165, 1.54) is 6.92 Å². The van der Waals surface area contributed by atoms with E-state index in [-0.39, 0.29) is 18.8 Å². The Morgan fingerprint density at radius 3 is 2.55 bits per heavy atom. The Balaban J connectivity index is 2.80. The second-order valence-corrected chi connectivity index (χ2v) is 4.56. The van der Waals surface area contributed by atoms with Crippen molar-refractivity contribution in [1.82, 2.24) is 5.32 Å². The van der Waals surface area contributed by atoms with Gasteiger partial charge >= 0.3 is 12.0 Å². The maximum atomic E-state index is 11.6. The van der Waals surface area contributed by atoms with Gasteiger partial charge in [0.25, 0.3) is 0 Å². The normalized spacial score (nSPS) is 11.5. The molecule has 0 spiro atoms. The average Bonchev–Trinajstić information content (AvgIpc) is 2.35. The standard InChI is InChI=1S/C13H15ClN2O4/c1-8(17)7-20-12(18)6-11(16-13(15)19)9-4-2-3-5-10(9)14/h2-5,11H,6-7H2,1H3,(H3,15,16,19)/t11-/m1/s1. The summed E-state index contributed by atoms with van der Waals surface area (Å²) in [5.41, 5.74) is 5.63. The van der Waals surface area contributed by atoms with E-state index in [9.17, 15) is 14.4 Å². The largest absolute Gasteiger partial charge is 0.458 e. The van der Waals surface area contributed by atoms with Crippen LogP contribution in [0.4, 0.5) is 4.79 Å². The number of primary amides is 1. The van der Waals surface area contributed by atoms with Crippen molar-refractivity contribution in [3.8, 4) is 0 Å². The number of amides is 2. The van der Waals surface area contributed by atoms with Crippen LogP contribution in [0.3, 0.4) is 0 Å². The molecular formula is C13H15ClN2O4. The van der Waals surface area contributed by atoms with Crippen molar-refractivity contribution >= 4 is 29.4 Å². The second-order valence-electron chi connectivity index (χ2n) is 4.15. The van der Waals surface area contributed by atoms with Crippen molar-refractivity contribution in [3.05, 3.63) is 34.9 Å². The zero-order chi connectivity index (χ0) is 15.1. The Labute approximate surface area is 121 Å². The number of hydrogen-bond acceptors (Lipinski definition) is 4. The molecule has 20 heavy (non-hydrogen) atoms. The summed E-state index contributed by atoms with van der Waals surface area (Å²) >= 11 is 6.02. The van der Waals surface area contributed by atoms with Crippen molar-refractivity contribution in [3.63, 3.8) is 0 Å². The van der Waals surface area contributed by atoms with Crippen molar-refractivity contribution in [2.24, 2.45) is 5.73 Å². The van der Waals surface area contributed by atoms with Gasteiger partial charge in [-0.25, -0.2) is 4.79 Å². The molecule has 7 heteroatoms. The summed E-state index contributed by atoms with van der Waals surface area (Å²) in [5, 5.41) is 2.82. The van der Waals surface area contributed by atoms with Gasteiger partial charge in [-0.2, -0.15) is 0 Å². The molecule has 0 aliphatic heterocycles. The number of halogens is 1. The predicted molar refractivity (Wildman–Crippen MR) is 73.2 cm³/mol. The molecule has 0 fully saturated rings. The van der Waals surface area contributed by atoms with Gasteiger partial charge in [0.15, 0.2) is 5.78 Å². The van der Waals surface area contributed by atoms with E-state index in [1.54, 1.807) is 24.3 Å². The summed E-state index contributed by atoms with van der Waals surface area (Å²) in [6.45, 7) is 1.01. The van der Waals surface area contributed by atoms with Crippen LogP contribution in [-0.2, 0) is 14.3 Å². The molecule has 0 radical (unpaired) electrons. The Hall–Kier alpha value is -2.08. The van der Waals surface area contributed by atoms with Crippen LogP contribution in [0.5, 0.6) is 0 Å². The van der Waals surface area contributed by atoms with Gasteiger partial charge in [-0.05, 0) is 18.6 Å². The van der Waals surface area contributed by atoms with Gasteiger partial charge in [-0.1, -0.05) is 29.8 Å². The van der Waals surface area contributed by atoms with E-state index in [2.05, 4.69) is 5.32 Å². The Morgan fingerprint density at radius 1 is 1.35 bits per heavy atom. The molecule has 1 aromatic carbocycles. The van der Waals surface area contributed by atoms with Gasteiger partial charge in [0, 0.05) is 5.02 Å². The molecule has 0 aromatic heterocycles. The Kier molecular flexibility index (Phi) is 5.99.